The summed E-state index contributed by atoms with van der Waals surface area (Å²) in [5.74, 6) is 0.166. The van der Waals surface area contributed by atoms with E-state index in [0.29, 0.717) is 35.7 Å². The predicted molar refractivity (Wildman–Crippen MR) is 77.6 cm³/mol. The molecule has 7 nitrogen and oxygen atoms in total. The van der Waals surface area contributed by atoms with Gasteiger partial charge in [-0.15, -0.1) is 0 Å². The first-order valence-electron chi connectivity index (χ1n) is 7.01. The van der Waals surface area contributed by atoms with Gasteiger partial charge in [0.05, 0.1) is 6.07 Å². The van der Waals surface area contributed by atoms with E-state index in [2.05, 4.69) is 21.5 Å². The molecule has 0 bridgehead atoms. The summed E-state index contributed by atoms with van der Waals surface area (Å²) in [6.45, 7) is 1.48. The molecule has 1 saturated heterocycles. The molecule has 0 saturated carbocycles. The molecule has 2 aromatic rings. The van der Waals surface area contributed by atoms with Crippen LogP contribution < -0.4 is 11.1 Å². The number of carbonyl (C=O) groups excluding carboxylic acids is 1. The summed E-state index contributed by atoms with van der Waals surface area (Å²) in [4.78, 5) is 15.6. The Balaban J connectivity index is 1.95. The lowest BCUT2D eigenvalue weighted by Crippen LogP contribution is -2.39. The summed E-state index contributed by atoms with van der Waals surface area (Å²) in [6, 6.07) is 9.02. The van der Waals surface area contributed by atoms with Crippen molar-refractivity contribution >= 4 is 5.91 Å². The number of nitrogens with zero attached hydrogens (tertiary/aromatic N) is 3. The van der Waals surface area contributed by atoms with Gasteiger partial charge >= 0.3 is 0 Å². The minimum absolute atomic E-state index is 0.330. The highest BCUT2D eigenvalue weighted by atomic mass is 16.5. The fraction of sp³-hybridized carbons (Fsp3) is 0.333. The molecule has 3 rings (SSSR count). The molecular weight excluding hydrogens is 282 g/mol. The van der Waals surface area contributed by atoms with Crippen molar-refractivity contribution in [2.45, 2.75) is 18.3 Å². The summed E-state index contributed by atoms with van der Waals surface area (Å²) in [6.07, 6.45) is 1.26. The van der Waals surface area contributed by atoms with Gasteiger partial charge in [-0.25, -0.2) is 0 Å². The van der Waals surface area contributed by atoms with Gasteiger partial charge in [-0.1, -0.05) is 17.3 Å². The molecule has 0 spiro atoms. The van der Waals surface area contributed by atoms with Crippen molar-refractivity contribution in [3.05, 3.63) is 35.7 Å². The van der Waals surface area contributed by atoms with Crippen molar-refractivity contribution in [2.75, 3.05) is 13.1 Å². The Hall–Kier alpha value is -2.72. The molecule has 1 fully saturated rings. The van der Waals surface area contributed by atoms with Crippen LogP contribution in [0.3, 0.4) is 0 Å². The second-order valence-electron chi connectivity index (χ2n) is 5.31. The van der Waals surface area contributed by atoms with Gasteiger partial charge in [0.25, 0.3) is 0 Å². The largest absolute Gasteiger partial charge is 0.366 e. The lowest BCUT2D eigenvalue weighted by Gasteiger charge is -2.27. The molecule has 7 heteroatoms. The molecule has 3 N–H and O–H groups in total. The van der Waals surface area contributed by atoms with E-state index in [1.807, 2.05) is 0 Å². The third-order valence-electron chi connectivity index (χ3n) is 3.91. The van der Waals surface area contributed by atoms with Crippen molar-refractivity contribution in [1.29, 1.82) is 5.26 Å². The second-order valence-corrected chi connectivity index (χ2v) is 5.31. The Labute approximate surface area is 127 Å². The number of carbonyl (C=O) groups is 1. The number of aromatic nitrogens is 2. The van der Waals surface area contributed by atoms with Crippen LogP contribution in [0.25, 0.3) is 11.4 Å². The predicted octanol–water partition coefficient (Wildman–Crippen LogP) is 0.980. The molecule has 1 amide bonds. The highest BCUT2D eigenvalue weighted by Crippen LogP contribution is 2.32. The first kappa shape index (κ1) is 14.2. The third kappa shape index (κ3) is 2.44. The summed E-state index contributed by atoms with van der Waals surface area (Å²) in [7, 11) is 0. The lowest BCUT2D eigenvalue weighted by molar-refractivity contribution is 0.100. The molecule has 0 atom stereocenters. The van der Waals surface area contributed by atoms with Crippen LogP contribution in [-0.2, 0) is 5.41 Å². The highest BCUT2D eigenvalue weighted by Gasteiger charge is 2.39. The highest BCUT2D eigenvalue weighted by molar-refractivity contribution is 5.93. The first-order valence-corrected chi connectivity index (χ1v) is 7.01. The van der Waals surface area contributed by atoms with Gasteiger partial charge in [-0.05, 0) is 38.1 Å². The number of rotatable bonds is 3. The Kier molecular flexibility index (Phi) is 3.61. The molecule has 22 heavy (non-hydrogen) atoms. The van der Waals surface area contributed by atoms with Gasteiger partial charge in [0.2, 0.25) is 17.6 Å². The minimum Gasteiger partial charge on any atom is -0.366 e. The SMILES string of the molecule is N#CC1(c2nc(-c3cccc(C(N)=O)c3)no2)CCNCC1. The van der Waals surface area contributed by atoms with Crippen molar-refractivity contribution in [2.24, 2.45) is 5.73 Å². The van der Waals surface area contributed by atoms with E-state index in [1.165, 1.54) is 0 Å². The van der Waals surface area contributed by atoms with Crippen LogP contribution in [0.2, 0.25) is 0 Å². The zero-order chi connectivity index (χ0) is 15.6. The number of nitriles is 1. The van der Waals surface area contributed by atoms with Crippen LogP contribution >= 0.6 is 0 Å². The van der Waals surface area contributed by atoms with E-state index in [-0.39, 0.29) is 0 Å². The van der Waals surface area contributed by atoms with Crippen molar-refractivity contribution < 1.29 is 9.32 Å². The maximum Gasteiger partial charge on any atom is 0.248 e. The minimum atomic E-state index is -0.738. The van der Waals surface area contributed by atoms with Gasteiger partial charge in [-0.3, -0.25) is 4.79 Å². The smallest absolute Gasteiger partial charge is 0.248 e. The molecule has 1 aliphatic heterocycles. The van der Waals surface area contributed by atoms with Gasteiger partial charge < -0.3 is 15.6 Å². The molecule has 1 aromatic carbocycles. The van der Waals surface area contributed by atoms with Crippen LogP contribution in [0.5, 0.6) is 0 Å². The lowest BCUT2D eigenvalue weighted by atomic mass is 9.80. The second kappa shape index (κ2) is 5.58. The average Bonchev–Trinajstić information content (AvgIpc) is 3.06. The van der Waals surface area contributed by atoms with E-state index in [9.17, 15) is 10.1 Å². The topological polar surface area (TPSA) is 118 Å². The van der Waals surface area contributed by atoms with Crippen LogP contribution in [-0.4, -0.2) is 29.1 Å². The molecule has 1 aromatic heterocycles. The normalized spacial score (nSPS) is 16.9. The summed E-state index contributed by atoms with van der Waals surface area (Å²) in [5, 5.41) is 16.7. The zero-order valence-electron chi connectivity index (χ0n) is 11.9. The van der Waals surface area contributed by atoms with Crippen LogP contribution in [0, 0.1) is 11.3 Å². The number of hydrogen-bond donors (Lipinski definition) is 2. The number of benzene rings is 1. The van der Waals surface area contributed by atoms with Gasteiger partial charge in [0, 0.05) is 11.1 Å². The quantitative estimate of drug-likeness (QED) is 0.871. The number of nitrogens with one attached hydrogen (secondary N) is 1. The van der Waals surface area contributed by atoms with Crippen molar-refractivity contribution in [3.63, 3.8) is 0 Å². The fourth-order valence-corrected chi connectivity index (χ4v) is 2.57. The van der Waals surface area contributed by atoms with Crippen LogP contribution in [0.1, 0.15) is 29.1 Å². The molecule has 112 valence electrons. The maximum absolute atomic E-state index is 11.2. The van der Waals surface area contributed by atoms with E-state index >= 15 is 0 Å². The Morgan fingerprint density at radius 1 is 1.41 bits per heavy atom. The number of nitrogens with two attached hydrogens (primary N) is 1. The average molecular weight is 297 g/mol. The van der Waals surface area contributed by atoms with Gasteiger partial charge in [-0.2, -0.15) is 10.2 Å². The van der Waals surface area contributed by atoms with Crippen molar-refractivity contribution in [3.8, 4) is 17.5 Å². The number of piperidine rings is 1. The molecule has 0 aliphatic carbocycles. The molecule has 1 aliphatic rings. The summed E-state index contributed by atoms with van der Waals surface area (Å²) < 4.78 is 5.33. The number of amides is 1. The van der Waals surface area contributed by atoms with Gasteiger partial charge in [0.1, 0.15) is 5.41 Å². The fourth-order valence-electron chi connectivity index (χ4n) is 2.57. The van der Waals surface area contributed by atoms with E-state index < -0.39 is 11.3 Å². The van der Waals surface area contributed by atoms with Crippen LogP contribution in [0.15, 0.2) is 28.8 Å². The molecular formula is C15H15N5O2. The van der Waals surface area contributed by atoms with Gasteiger partial charge in [0.15, 0.2) is 0 Å². The monoisotopic (exact) mass is 297 g/mol. The Morgan fingerprint density at radius 3 is 2.86 bits per heavy atom. The molecule has 0 unspecified atom stereocenters. The number of hydrogen-bond acceptors (Lipinski definition) is 6. The standard InChI is InChI=1S/C15H15N5O2/c16-9-15(4-6-18-7-5-15)14-19-13(20-22-14)11-3-1-2-10(8-11)12(17)21/h1-3,8,18H,4-7H2,(H2,17,21). The molecule has 2 heterocycles. The zero-order valence-corrected chi connectivity index (χ0v) is 11.9. The Morgan fingerprint density at radius 2 is 2.18 bits per heavy atom. The van der Waals surface area contributed by atoms with Crippen LogP contribution in [0.4, 0.5) is 0 Å². The summed E-state index contributed by atoms with van der Waals surface area (Å²) in [5.41, 5.74) is 5.54. The van der Waals surface area contributed by atoms with E-state index in [0.717, 1.165) is 13.1 Å². The Bertz CT molecular complexity index is 740. The van der Waals surface area contributed by atoms with E-state index in [1.54, 1.807) is 24.3 Å². The van der Waals surface area contributed by atoms with Crippen molar-refractivity contribution in [1.82, 2.24) is 15.5 Å². The summed E-state index contributed by atoms with van der Waals surface area (Å²) >= 11 is 0. The van der Waals surface area contributed by atoms with E-state index in [4.69, 9.17) is 10.3 Å². The first-order chi connectivity index (χ1) is 10.6. The third-order valence-corrected chi connectivity index (χ3v) is 3.91. The molecule has 0 radical (unpaired) electrons. The maximum atomic E-state index is 11.2. The number of primary amides is 1.